The van der Waals surface area contributed by atoms with Gasteiger partial charge in [-0.1, -0.05) is 0 Å². The molecule has 0 aliphatic heterocycles. The summed E-state index contributed by atoms with van der Waals surface area (Å²) in [6.45, 7) is 2.09. The number of aromatic nitrogens is 4. The summed E-state index contributed by atoms with van der Waals surface area (Å²) in [5.74, 6) is 0.739. The van der Waals surface area contributed by atoms with Crippen molar-refractivity contribution < 1.29 is 14.3 Å². The molecule has 2 heterocycles. The van der Waals surface area contributed by atoms with Crippen LogP contribution in [-0.4, -0.2) is 39.6 Å². The van der Waals surface area contributed by atoms with Gasteiger partial charge < -0.3 is 14.5 Å². The van der Waals surface area contributed by atoms with Gasteiger partial charge in [-0.3, -0.25) is 0 Å². The highest BCUT2D eigenvalue weighted by Gasteiger charge is 2.15. The predicted molar refractivity (Wildman–Crippen MR) is 79.6 cm³/mol. The lowest BCUT2D eigenvalue weighted by molar-refractivity contribution is 0.0526. The van der Waals surface area contributed by atoms with Crippen LogP contribution in [0.4, 0.5) is 0 Å². The summed E-state index contributed by atoms with van der Waals surface area (Å²) in [7, 11) is 1.54. The molecule has 3 rings (SSSR count). The van der Waals surface area contributed by atoms with Crippen molar-refractivity contribution in [2.75, 3.05) is 13.7 Å². The second kappa shape index (κ2) is 5.80. The molecule has 0 amide bonds. The van der Waals surface area contributed by atoms with Crippen LogP contribution in [0.5, 0.6) is 5.75 Å². The average molecular weight is 298 g/mol. The molecule has 0 aliphatic rings. The van der Waals surface area contributed by atoms with Crippen LogP contribution in [-0.2, 0) is 4.74 Å². The number of hydrogen-bond acceptors (Lipinski definition) is 6. The van der Waals surface area contributed by atoms with Crippen molar-refractivity contribution in [1.82, 2.24) is 19.9 Å². The maximum absolute atomic E-state index is 11.8. The van der Waals surface area contributed by atoms with Gasteiger partial charge in [-0.15, -0.1) is 0 Å². The Kier molecular flexibility index (Phi) is 3.69. The third kappa shape index (κ3) is 2.48. The van der Waals surface area contributed by atoms with Gasteiger partial charge in [0.05, 0.1) is 31.0 Å². The van der Waals surface area contributed by atoms with E-state index in [-0.39, 0.29) is 5.97 Å². The van der Waals surface area contributed by atoms with E-state index in [1.807, 2.05) is 0 Å². The second-order valence-corrected chi connectivity index (χ2v) is 4.48. The fourth-order valence-corrected chi connectivity index (χ4v) is 2.12. The molecule has 0 saturated heterocycles. The van der Waals surface area contributed by atoms with Gasteiger partial charge in [0, 0.05) is 0 Å². The molecular weight excluding hydrogens is 284 g/mol. The zero-order valence-corrected chi connectivity index (χ0v) is 12.2. The van der Waals surface area contributed by atoms with Crippen LogP contribution in [0.3, 0.4) is 0 Å². The highest BCUT2D eigenvalue weighted by Crippen LogP contribution is 2.30. The number of imidazole rings is 1. The fourth-order valence-electron chi connectivity index (χ4n) is 2.12. The van der Waals surface area contributed by atoms with Crippen LogP contribution < -0.4 is 4.74 Å². The van der Waals surface area contributed by atoms with E-state index < -0.39 is 0 Å². The highest BCUT2D eigenvalue weighted by atomic mass is 16.5. The molecule has 0 aliphatic carbocycles. The molecule has 0 atom stereocenters. The van der Waals surface area contributed by atoms with E-state index in [1.54, 1.807) is 31.3 Å². The Morgan fingerprint density at radius 2 is 2.23 bits per heavy atom. The molecular formula is C15H14N4O3. The second-order valence-electron chi connectivity index (χ2n) is 4.48. The minimum atomic E-state index is -0.386. The molecule has 1 aromatic carbocycles. The van der Waals surface area contributed by atoms with Crippen molar-refractivity contribution in [2.45, 2.75) is 6.92 Å². The molecule has 0 saturated carbocycles. The summed E-state index contributed by atoms with van der Waals surface area (Å²) in [5, 5.41) is 0. The van der Waals surface area contributed by atoms with E-state index in [1.165, 1.54) is 13.4 Å². The number of methoxy groups -OCH3 is 1. The summed E-state index contributed by atoms with van der Waals surface area (Å²) in [4.78, 5) is 27.3. The number of fused-ring (bicyclic) bond motifs is 1. The number of carbonyl (C=O) groups is 1. The predicted octanol–water partition coefficient (Wildman–Crippen LogP) is 2.21. The molecule has 0 bridgehead atoms. The van der Waals surface area contributed by atoms with E-state index in [2.05, 4.69) is 19.9 Å². The van der Waals surface area contributed by atoms with Crippen molar-refractivity contribution in [3.63, 3.8) is 0 Å². The summed E-state index contributed by atoms with van der Waals surface area (Å²) in [6, 6.07) is 5.07. The maximum atomic E-state index is 11.8. The molecule has 0 fully saturated rings. The first-order valence-corrected chi connectivity index (χ1v) is 6.74. The molecule has 0 radical (unpaired) electrons. The van der Waals surface area contributed by atoms with E-state index >= 15 is 0 Å². The molecule has 0 spiro atoms. The molecule has 7 nitrogen and oxygen atoms in total. The first-order chi connectivity index (χ1) is 10.7. The summed E-state index contributed by atoms with van der Waals surface area (Å²) in [6.07, 6.45) is 3.09. The third-order valence-electron chi connectivity index (χ3n) is 3.13. The third-order valence-corrected chi connectivity index (χ3v) is 3.13. The lowest BCUT2D eigenvalue weighted by atomic mass is 10.1. The van der Waals surface area contributed by atoms with Crippen LogP contribution in [0, 0.1) is 0 Å². The SMILES string of the molecule is CCOC(=O)c1ccc(-c2nc3ncncc3[nH]2)c(OC)c1. The fraction of sp³-hybridized carbons (Fsp3) is 0.200. The van der Waals surface area contributed by atoms with Crippen LogP contribution in [0.15, 0.2) is 30.7 Å². The quantitative estimate of drug-likeness (QED) is 0.743. The Morgan fingerprint density at radius 1 is 1.36 bits per heavy atom. The van der Waals surface area contributed by atoms with E-state index in [0.29, 0.717) is 29.4 Å². The lowest BCUT2D eigenvalue weighted by Gasteiger charge is -2.08. The van der Waals surface area contributed by atoms with E-state index in [0.717, 1.165) is 11.1 Å². The summed E-state index contributed by atoms with van der Waals surface area (Å²) >= 11 is 0. The number of H-pyrrole nitrogens is 1. The zero-order chi connectivity index (χ0) is 15.5. The minimum absolute atomic E-state index is 0.325. The van der Waals surface area contributed by atoms with Gasteiger partial charge in [0.1, 0.15) is 23.4 Å². The molecule has 22 heavy (non-hydrogen) atoms. The van der Waals surface area contributed by atoms with Gasteiger partial charge in [0.25, 0.3) is 0 Å². The number of carbonyl (C=O) groups excluding carboxylic acids is 1. The number of benzene rings is 1. The summed E-state index contributed by atoms with van der Waals surface area (Å²) < 4.78 is 10.3. The number of ether oxygens (including phenoxy) is 2. The zero-order valence-electron chi connectivity index (χ0n) is 12.2. The van der Waals surface area contributed by atoms with E-state index in [9.17, 15) is 4.79 Å². The van der Waals surface area contributed by atoms with Crippen molar-refractivity contribution in [3.05, 3.63) is 36.3 Å². The standard InChI is InChI=1S/C15H14N4O3/c1-3-22-15(20)9-4-5-10(12(6-9)21-2)13-18-11-7-16-8-17-14(11)19-13/h4-8H,3H2,1-2H3,(H,16,17,18,19). The van der Waals surface area contributed by atoms with Crippen molar-refractivity contribution in [1.29, 1.82) is 0 Å². The first kappa shape index (κ1) is 14.0. The van der Waals surface area contributed by atoms with Gasteiger partial charge in [0.15, 0.2) is 5.65 Å². The van der Waals surface area contributed by atoms with Crippen molar-refractivity contribution >= 4 is 17.1 Å². The smallest absolute Gasteiger partial charge is 0.338 e. The number of nitrogens with zero attached hydrogens (tertiary/aromatic N) is 3. The maximum Gasteiger partial charge on any atom is 0.338 e. The van der Waals surface area contributed by atoms with Crippen molar-refractivity contribution in [2.24, 2.45) is 0 Å². The lowest BCUT2D eigenvalue weighted by Crippen LogP contribution is -2.05. The van der Waals surface area contributed by atoms with Crippen LogP contribution in [0.25, 0.3) is 22.6 Å². The normalized spacial score (nSPS) is 10.6. The Bertz CT molecular complexity index is 796. The number of rotatable bonds is 4. The average Bonchev–Trinajstić information content (AvgIpc) is 2.98. The monoisotopic (exact) mass is 298 g/mol. The topological polar surface area (TPSA) is 90.0 Å². The Balaban J connectivity index is 2.04. The largest absolute Gasteiger partial charge is 0.496 e. The Labute approximate surface area is 126 Å². The number of aromatic amines is 1. The summed E-state index contributed by atoms with van der Waals surface area (Å²) in [5.41, 5.74) is 2.46. The van der Waals surface area contributed by atoms with Crippen LogP contribution in [0.2, 0.25) is 0 Å². The molecule has 112 valence electrons. The van der Waals surface area contributed by atoms with Gasteiger partial charge in [-0.05, 0) is 25.1 Å². The molecule has 0 unspecified atom stereocenters. The highest BCUT2D eigenvalue weighted by molar-refractivity contribution is 5.91. The van der Waals surface area contributed by atoms with Gasteiger partial charge >= 0.3 is 5.97 Å². The van der Waals surface area contributed by atoms with Crippen molar-refractivity contribution in [3.8, 4) is 17.1 Å². The van der Waals surface area contributed by atoms with Gasteiger partial charge in [0.2, 0.25) is 0 Å². The van der Waals surface area contributed by atoms with Crippen LogP contribution >= 0.6 is 0 Å². The molecule has 1 N–H and O–H groups in total. The number of esters is 1. The van der Waals surface area contributed by atoms with E-state index in [4.69, 9.17) is 9.47 Å². The molecule has 2 aromatic heterocycles. The van der Waals surface area contributed by atoms with Crippen LogP contribution in [0.1, 0.15) is 17.3 Å². The molecule has 7 heteroatoms. The Morgan fingerprint density at radius 3 is 2.95 bits per heavy atom. The first-order valence-electron chi connectivity index (χ1n) is 6.74. The Hall–Kier alpha value is -2.96. The number of hydrogen-bond donors (Lipinski definition) is 1. The molecule has 3 aromatic rings. The minimum Gasteiger partial charge on any atom is -0.496 e. The van der Waals surface area contributed by atoms with Gasteiger partial charge in [-0.25, -0.2) is 19.7 Å². The van der Waals surface area contributed by atoms with Gasteiger partial charge in [-0.2, -0.15) is 0 Å². The number of nitrogens with one attached hydrogen (secondary N) is 1.